The second-order valence-corrected chi connectivity index (χ2v) is 9.31. The van der Waals surface area contributed by atoms with Crippen LogP contribution < -0.4 is 5.32 Å². The predicted molar refractivity (Wildman–Crippen MR) is 112 cm³/mol. The monoisotopic (exact) mass is 420 g/mol. The Labute approximate surface area is 178 Å². The number of nitrogens with one attached hydrogen (secondary N) is 1. The molecule has 0 saturated carbocycles. The van der Waals surface area contributed by atoms with Crippen molar-refractivity contribution in [2.24, 2.45) is 5.92 Å². The summed E-state index contributed by atoms with van der Waals surface area (Å²) in [5.74, 6) is 0.0192. The van der Waals surface area contributed by atoms with Crippen LogP contribution in [-0.2, 0) is 20.7 Å². The average Bonchev–Trinajstić information content (AvgIpc) is 2.68. The maximum absolute atomic E-state index is 13.2. The zero-order valence-corrected chi connectivity index (χ0v) is 18.2. The lowest BCUT2D eigenvalue weighted by molar-refractivity contribution is -0.150. The summed E-state index contributed by atoms with van der Waals surface area (Å²) in [4.78, 5) is 27.3. The number of ether oxygens (including phenoxy) is 2. The summed E-state index contributed by atoms with van der Waals surface area (Å²) in [6.45, 7) is 7.27. The zero-order valence-electron chi connectivity index (χ0n) is 18.2. The van der Waals surface area contributed by atoms with Crippen LogP contribution in [0.1, 0.15) is 52.0 Å². The van der Waals surface area contributed by atoms with Gasteiger partial charge in [0.2, 0.25) is 0 Å². The molecule has 6 nitrogen and oxygen atoms in total. The highest BCUT2D eigenvalue weighted by atomic mass is 19.1. The van der Waals surface area contributed by atoms with Gasteiger partial charge in [0.05, 0.1) is 6.04 Å². The van der Waals surface area contributed by atoms with Gasteiger partial charge in [0.1, 0.15) is 11.4 Å². The minimum absolute atomic E-state index is 0.0698. The Kier molecular flexibility index (Phi) is 7.34. The van der Waals surface area contributed by atoms with E-state index in [0.717, 1.165) is 31.2 Å². The molecule has 2 aliphatic heterocycles. The summed E-state index contributed by atoms with van der Waals surface area (Å²) in [5, 5.41) is 2.83. The first kappa shape index (κ1) is 22.5. The molecule has 1 unspecified atom stereocenters. The van der Waals surface area contributed by atoms with E-state index in [4.69, 9.17) is 9.47 Å². The molecule has 2 heterocycles. The molecular weight excluding hydrogens is 387 g/mol. The minimum Gasteiger partial charge on any atom is -0.444 e. The maximum Gasteiger partial charge on any atom is 0.407 e. The molecule has 2 aliphatic rings. The van der Waals surface area contributed by atoms with E-state index in [2.05, 4.69) is 5.32 Å². The van der Waals surface area contributed by atoms with Crippen molar-refractivity contribution in [2.45, 2.75) is 70.6 Å². The Morgan fingerprint density at radius 1 is 1.20 bits per heavy atom. The van der Waals surface area contributed by atoms with Crippen LogP contribution in [0.3, 0.4) is 0 Å². The van der Waals surface area contributed by atoms with Crippen molar-refractivity contribution < 1.29 is 23.5 Å². The third kappa shape index (κ3) is 6.42. The van der Waals surface area contributed by atoms with Gasteiger partial charge in [0, 0.05) is 19.7 Å². The number of hydrogen-bond donors (Lipinski definition) is 1. The quantitative estimate of drug-likeness (QED) is 0.807. The Balaban J connectivity index is 1.59. The van der Waals surface area contributed by atoms with E-state index in [0.29, 0.717) is 32.0 Å². The summed E-state index contributed by atoms with van der Waals surface area (Å²) in [5.41, 5.74) is 0.480. The first-order valence-electron chi connectivity index (χ1n) is 10.9. The van der Waals surface area contributed by atoms with E-state index in [9.17, 15) is 14.0 Å². The van der Waals surface area contributed by atoms with Crippen LogP contribution in [-0.4, -0.2) is 54.3 Å². The van der Waals surface area contributed by atoms with Gasteiger partial charge in [-0.1, -0.05) is 12.1 Å². The summed E-state index contributed by atoms with van der Waals surface area (Å²) < 4.78 is 24.3. The Morgan fingerprint density at radius 3 is 2.63 bits per heavy atom. The summed E-state index contributed by atoms with van der Waals surface area (Å²) in [6.07, 6.45) is 3.04. The fourth-order valence-corrected chi connectivity index (χ4v) is 4.20. The number of rotatable bonds is 4. The number of halogens is 1. The van der Waals surface area contributed by atoms with E-state index < -0.39 is 23.8 Å². The van der Waals surface area contributed by atoms with Gasteiger partial charge in [-0.15, -0.1) is 0 Å². The SMILES string of the molecule is CC(C)(C)OC(=O)N[C@@H]1CCCO[C@H]1C(=O)N1CCCC(Cc2ccc(F)cc2)C1. The number of piperidine rings is 1. The number of hydrogen-bond acceptors (Lipinski definition) is 4. The Hall–Kier alpha value is -2.15. The molecule has 0 aliphatic carbocycles. The molecule has 3 rings (SSSR count). The molecule has 1 aromatic rings. The molecule has 30 heavy (non-hydrogen) atoms. The number of alkyl carbamates (subject to hydrolysis) is 1. The van der Waals surface area contributed by atoms with Crippen LogP contribution in [0.5, 0.6) is 0 Å². The van der Waals surface area contributed by atoms with Gasteiger partial charge in [-0.2, -0.15) is 0 Å². The molecule has 2 fully saturated rings. The lowest BCUT2D eigenvalue weighted by atomic mass is 9.90. The molecule has 2 saturated heterocycles. The van der Waals surface area contributed by atoms with Crippen LogP contribution in [0, 0.1) is 11.7 Å². The number of carbonyl (C=O) groups excluding carboxylic acids is 2. The molecule has 1 N–H and O–H groups in total. The Bertz CT molecular complexity index is 732. The topological polar surface area (TPSA) is 67.9 Å². The zero-order chi connectivity index (χ0) is 21.7. The van der Waals surface area contributed by atoms with Gasteiger partial charge in [0.15, 0.2) is 6.10 Å². The van der Waals surface area contributed by atoms with E-state index in [1.54, 1.807) is 12.1 Å². The van der Waals surface area contributed by atoms with Crippen molar-refractivity contribution in [2.75, 3.05) is 19.7 Å². The fourth-order valence-electron chi connectivity index (χ4n) is 4.20. The second kappa shape index (κ2) is 9.77. The number of amides is 2. The Morgan fingerprint density at radius 2 is 1.93 bits per heavy atom. The highest BCUT2D eigenvalue weighted by molar-refractivity contribution is 5.83. The van der Waals surface area contributed by atoms with Gasteiger partial charge in [0.25, 0.3) is 5.91 Å². The summed E-state index contributed by atoms with van der Waals surface area (Å²) in [6, 6.07) is 6.18. The number of nitrogens with zero attached hydrogens (tertiary/aromatic N) is 1. The van der Waals surface area contributed by atoms with Crippen LogP contribution in [0.2, 0.25) is 0 Å². The number of benzene rings is 1. The fraction of sp³-hybridized carbons (Fsp3) is 0.652. The van der Waals surface area contributed by atoms with Crippen molar-refractivity contribution in [3.8, 4) is 0 Å². The summed E-state index contributed by atoms with van der Waals surface area (Å²) >= 11 is 0. The molecule has 1 aromatic carbocycles. The summed E-state index contributed by atoms with van der Waals surface area (Å²) in [7, 11) is 0. The normalized spacial score (nSPS) is 24.9. The average molecular weight is 421 g/mol. The highest BCUT2D eigenvalue weighted by Crippen LogP contribution is 2.24. The van der Waals surface area contributed by atoms with Crippen LogP contribution in [0.4, 0.5) is 9.18 Å². The van der Waals surface area contributed by atoms with E-state index in [1.807, 2.05) is 25.7 Å². The molecule has 2 amide bonds. The number of carbonyl (C=O) groups is 2. The molecular formula is C23H33FN2O4. The standard InChI is InChI=1S/C23H33FN2O4/c1-23(2,3)30-22(28)25-19-7-5-13-29-20(19)21(27)26-12-4-6-17(15-26)14-16-8-10-18(24)11-9-16/h8-11,17,19-20H,4-7,12-15H2,1-3H3,(H,25,28)/t17?,19-,20-/m1/s1. The van der Waals surface area contributed by atoms with Crippen molar-refractivity contribution in [3.05, 3.63) is 35.6 Å². The lowest BCUT2D eigenvalue weighted by Crippen LogP contribution is -2.56. The van der Waals surface area contributed by atoms with E-state index >= 15 is 0 Å². The predicted octanol–water partition coefficient (Wildman–Crippen LogP) is 3.68. The molecule has 0 aromatic heterocycles. The first-order chi connectivity index (χ1) is 14.2. The van der Waals surface area contributed by atoms with Crippen molar-refractivity contribution >= 4 is 12.0 Å². The lowest BCUT2D eigenvalue weighted by Gasteiger charge is -2.38. The molecule has 0 radical (unpaired) electrons. The van der Waals surface area contributed by atoms with Crippen LogP contribution in [0.25, 0.3) is 0 Å². The molecule has 3 atom stereocenters. The largest absolute Gasteiger partial charge is 0.444 e. The van der Waals surface area contributed by atoms with Gasteiger partial charge in [-0.05, 0) is 76.5 Å². The van der Waals surface area contributed by atoms with Gasteiger partial charge in [-0.25, -0.2) is 9.18 Å². The van der Waals surface area contributed by atoms with E-state index in [1.165, 1.54) is 12.1 Å². The van der Waals surface area contributed by atoms with Crippen molar-refractivity contribution in [1.29, 1.82) is 0 Å². The van der Waals surface area contributed by atoms with Crippen LogP contribution >= 0.6 is 0 Å². The van der Waals surface area contributed by atoms with Crippen molar-refractivity contribution in [1.82, 2.24) is 10.2 Å². The molecule has 0 bridgehead atoms. The third-order valence-electron chi connectivity index (χ3n) is 5.54. The maximum atomic E-state index is 13.2. The smallest absolute Gasteiger partial charge is 0.407 e. The van der Waals surface area contributed by atoms with Crippen molar-refractivity contribution in [3.63, 3.8) is 0 Å². The minimum atomic E-state index is -0.684. The van der Waals surface area contributed by atoms with Gasteiger partial charge in [-0.3, -0.25) is 4.79 Å². The molecule has 0 spiro atoms. The number of likely N-dealkylation sites (tertiary alicyclic amines) is 1. The highest BCUT2D eigenvalue weighted by Gasteiger charge is 2.38. The first-order valence-corrected chi connectivity index (χ1v) is 10.9. The van der Waals surface area contributed by atoms with Gasteiger partial charge >= 0.3 is 6.09 Å². The third-order valence-corrected chi connectivity index (χ3v) is 5.54. The van der Waals surface area contributed by atoms with Crippen LogP contribution in [0.15, 0.2) is 24.3 Å². The van der Waals surface area contributed by atoms with E-state index in [-0.39, 0.29) is 11.7 Å². The second-order valence-electron chi connectivity index (χ2n) is 9.31. The molecule has 166 valence electrons. The molecule has 7 heteroatoms. The van der Waals surface area contributed by atoms with Gasteiger partial charge < -0.3 is 19.7 Å².